The number of likely N-dealkylation sites (N-methyl/N-ethyl adjacent to an activating group) is 1. The summed E-state index contributed by atoms with van der Waals surface area (Å²) in [6, 6.07) is 1.98. The van der Waals surface area contributed by atoms with Crippen LogP contribution in [0.25, 0.3) is 0 Å². The molecule has 1 aromatic rings. The van der Waals surface area contributed by atoms with Crippen LogP contribution in [-0.4, -0.2) is 33.0 Å². The normalized spacial score (nSPS) is 13.9. The standard InChI is InChI=1S/C10H16BrNO2S2/c1-3-12-8(7-16(2,13)14)6-10-9(11)4-5-15-10/h4-5,8,12H,3,6-7H2,1-2H3. The summed E-state index contributed by atoms with van der Waals surface area (Å²) in [5, 5.41) is 5.21. The second kappa shape index (κ2) is 6.14. The Morgan fingerprint density at radius 1 is 1.56 bits per heavy atom. The van der Waals surface area contributed by atoms with Crippen molar-refractivity contribution in [2.75, 3.05) is 18.6 Å². The SMILES string of the molecule is CCNC(Cc1sccc1Br)CS(C)(=O)=O. The van der Waals surface area contributed by atoms with Crippen LogP contribution in [-0.2, 0) is 16.3 Å². The molecule has 0 saturated heterocycles. The molecule has 3 nitrogen and oxygen atoms in total. The first-order valence-corrected chi connectivity index (χ1v) is 8.78. The molecule has 6 heteroatoms. The second-order valence-electron chi connectivity index (χ2n) is 3.74. The zero-order valence-corrected chi connectivity index (χ0v) is 12.6. The smallest absolute Gasteiger partial charge is 0.148 e. The highest BCUT2D eigenvalue weighted by Crippen LogP contribution is 2.24. The van der Waals surface area contributed by atoms with E-state index >= 15 is 0 Å². The van der Waals surface area contributed by atoms with Gasteiger partial charge in [0.15, 0.2) is 0 Å². The van der Waals surface area contributed by atoms with E-state index in [-0.39, 0.29) is 11.8 Å². The van der Waals surface area contributed by atoms with Crippen LogP contribution in [0.15, 0.2) is 15.9 Å². The molecule has 92 valence electrons. The summed E-state index contributed by atoms with van der Waals surface area (Å²) in [5.41, 5.74) is 0. The van der Waals surface area contributed by atoms with Gasteiger partial charge in [-0.1, -0.05) is 6.92 Å². The fraction of sp³-hybridized carbons (Fsp3) is 0.600. The van der Waals surface area contributed by atoms with Crippen molar-refractivity contribution in [2.24, 2.45) is 0 Å². The van der Waals surface area contributed by atoms with Crippen molar-refractivity contribution in [3.05, 3.63) is 20.8 Å². The highest BCUT2D eigenvalue weighted by atomic mass is 79.9. The van der Waals surface area contributed by atoms with Gasteiger partial charge >= 0.3 is 0 Å². The predicted molar refractivity (Wildman–Crippen MR) is 72.9 cm³/mol. The molecule has 1 atom stereocenters. The van der Waals surface area contributed by atoms with Crippen molar-refractivity contribution in [3.8, 4) is 0 Å². The van der Waals surface area contributed by atoms with Crippen LogP contribution in [0.3, 0.4) is 0 Å². The number of hydrogen-bond acceptors (Lipinski definition) is 4. The molecule has 0 saturated carbocycles. The Kier molecular flexibility index (Phi) is 5.43. The summed E-state index contributed by atoms with van der Waals surface area (Å²) in [6.45, 7) is 2.77. The first-order valence-electron chi connectivity index (χ1n) is 5.05. The van der Waals surface area contributed by atoms with Gasteiger partial charge in [-0.3, -0.25) is 0 Å². The number of nitrogens with one attached hydrogen (secondary N) is 1. The third-order valence-electron chi connectivity index (χ3n) is 2.12. The molecule has 0 aliphatic heterocycles. The molecular weight excluding hydrogens is 310 g/mol. The van der Waals surface area contributed by atoms with Gasteiger partial charge in [-0.15, -0.1) is 11.3 Å². The molecule has 0 fully saturated rings. The van der Waals surface area contributed by atoms with Crippen molar-refractivity contribution < 1.29 is 8.42 Å². The maximum absolute atomic E-state index is 11.3. The largest absolute Gasteiger partial charge is 0.313 e. The van der Waals surface area contributed by atoms with Crippen LogP contribution in [0.4, 0.5) is 0 Å². The van der Waals surface area contributed by atoms with Gasteiger partial charge in [0.25, 0.3) is 0 Å². The Morgan fingerprint density at radius 2 is 2.25 bits per heavy atom. The van der Waals surface area contributed by atoms with E-state index in [2.05, 4.69) is 21.2 Å². The minimum Gasteiger partial charge on any atom is -0.313 e. The summed E-state index contributed by atoms with van der Waals surface area (Å²) >= 11 is 5.11. The molecule has 16 heavy (non-hydrogen) atoms. The van der Waals surface area contributed by atoms with E-state index in [4.69, 9.17) is 0 Å². The van der Waals surface area contributed by atoms with Gasteiger partial charge in [0.1, 0.15) is 9.84 Å². The first kappa shape index (κ1) is 14.2. The van der Waals surface area contributed by atoms with Crippen LogP contribution in [0.5, 0.6) is 0 Å². The molecule has 1 rings (SSSR count). The lowest BCUT2D eigenvalue weighted by Gasteiger charge is -2.16. The van der Waals surface area contributed by atoms with Crippen molar-refractivity contribution in [2.45, 2.75) is 19.4 Å². The Balaban J connectivity index is 2.68. The number of rotatable bonds is 6. The van der Waals surface area contributed by atoms with Crippen molar-refractivity contribution >= 4 is 37.1 Å². The van der Waals surface area contributed by atoms with Crippen molar-refractivity contribution in [1.29, 1.82) is 0 Å². The Labute approximate surface area is 109 Å². The summed E-state index contributed by atoms with van der Waals surface area (Å²) in [4.78, 5) is 1.19. The average Bonchev–Trinajstić information content (AvgIpc) is 2.49. The fourth-order valence-corrected chi connectivity index (χ4v) is 4.10. The summed E-state index contributed by atoms with van der Waals surface area (Å²) in [7, 11) is -2.93. The number of thiophene rings is 1. The molecular formula is C10H16BrNO2S2. The highest BCUT2D eigenvalue weighted by Gasteiger charge is 2.16. The highest BCUT2D eigenvalue weighted by molar-refractivity contribution is 9.10. The van der Waals surface area contributed by atoms with Gasteiger partial charge in [0.2, 0.25) is 0 Å². The fourth-order valence-electron chi connectivity index (χ4n) is 1.54. The molecule has 0 radical (unpaired) electrons. The Morgan fingerprint density at radius 3 is 2.69 bits per heavy atom. The van der Waals surface area contributed by atoms with Gasteiger partial charge in [0, 0.05) is 21.6 Å². The summed E-state index contributed by atoms with van der Waals surface area (Å²) < 4.78 is 23.6. The molecule has 0 bridgehead atoms. The predicted octanol–water partition coefficient (Wildman–Crippen LogP) is 2.08. The molecule has 1 aromatic heterocycles. The summed E-state index contributed by atoms with van der Waals surface area (Å²) in [5.74, 6) is 0.186. The Hall–Kier alpha value is 0.0900. The molecule has 1 unspecified atom stereocenters. The zero-order chi connectivity index (χ0) is 12.2. The number of hydrogen-bond donors (Lipinski definition) is 1. The third kappa shape index (κ3) is 4.95. The van der Waals surface area contributed by atoms with Gasteiger partial charge in [-0.05, 0) is 40.3 Å². The molecule has 0 aliphatic rings. The third-order valence-corrected chi connectivity index (χ3v) is 5.08. The van der Waals surface area contributed by atoms with Crippen LogP contribution in [0.2, 0.25) is 0 Å². The van der Waals surface area contributed by atoms with Gasteiger partial charge in [0.05, 0.1) is 5.75 Å². The average molecular weight is 326 g/mol. The van der Waals surface area contributed by atoms with Gasteiger partial charge in [-0.2, -0.15) is 0 Å². The number of halogens is 1. The number of sulfone groups is 1. The van der Waals surface area contributed by atoms with Crippen molar-refractivity contribution in [3.63, 3.8) is 0 Å². The van der Waals surface area contributed by atoms with Crippen LogP contribution >= 0.6 is 27.3 Å². The van der Waals surface area contributed by atoms with Crippen LogP contribution < -0.4 is 5.32 Å². The van der Waals surface area contributed by atoms with E-state index in [0.717, 1.165) is 17.4 Å². The van der Waals surface area contributed by atoms with E-state index < -0.39 is 9.84 Å². The lowest BCUT2D eigenvalue weighted by atomic mass is 10.2. The van der Waals surface area contributed by atoms with E-state index in [9.17, 15) is 8.42 Å². The zero-order valence-electron chi connectivity index (χ0n) is 9.36. The topological polar surface area (TPSA) is 46.2 Å². The quantitative estimate of drug-likeness (QED) is 0.871. The second-order valence-corrected chi connectivity index (χ2v) is 7.78. The lowest BCUT2D eigenvalue weighted by Crippen LogP contribution is -2.37. The lowest BCUT2D eigenvalue weighted by molar-refractivity contribution is 0.547. The maximum atomic E-state index is 11.3. The van der Waals surface area contributed by atoms with Gasteiger partial charge < -0.3 is 5.32 Å². The van der Waals surface area contributed by atoms with E-state index in [0.29, 0.717) is 0 Å². The molecule has 0 spiro atoms. The van der Waals surface area contributed by atoms with E-state index in [1.807, 2.05) is 18.4 Å². The van der Waals surface area contributed by atoms with Crippen LogP contribution in [0.1, 0.15) is 11.8 Å². The molecule has 0 aromatic carbocycles. The molecule has 0 amide bonds. The molecule has 1 heterocycles. The van der Waals surface area contributed by atoms with Crippen LogP contribution in [0, 0.1) is 0 Å². The molecule has 1 N–H and O–H groups in total. The van der Waals surface area contributed by atoms with E-state index in [1.54, 1.807) is 11.3 Å². The minimum atomic E-state index is -2.93. The molecule has 0 aliphatic carbocycles. The maximum Gasteiger partial charge on any atom is 0.148 e. The van der Waals surface area contributed by atoms with Crippen molar-refractivity contribution in [1.82, 2.24) is 5.32 Å². The summed E-state index contributed by atoms with van der Waals surface area (Å²) in [6.07, 6.45) is 2.03. The minimum absolute atomic E-state index is 0.00468. The monoisotopic (exact) mass is 325 g/mol. The first-order chi connectivity index (χ1) is 7.42. The Bertz CT molecular complexity index is 428. The van der Waals surface area contributed by atoms with Gasteiger partial charge in [-0.25, -0.2) is 8.42 Å². The van der Waals surface area contributed by atoms with E-state index in [1.165, 1.54) is 11.1 Å².